The summed E-state index contributed by atoms with van der Waals surface area (Å²) in [6.45, 7) is 4.82. The van der Waals surface area contributed by atoms with Crippen molar-refractivity contribution in [2.45, 2.75) is 26.7 Å². The van der Waals surface area contributed by atoms with E-state index in [0.29, 0.717) is 13.0 Å². The molecule has 142 valence electrons. The first kappa shape index (κ1) is 18.4. The van der Waals surface area contributed by atoms with Crippen molar-refractivity contribution in [2.75, 3.05) is 11.9 Å². The Bertz CT molecular complexity index is 1060. The van der Waals surface area contributed by atoms with Crippen LogP contribution in [0.3, 0.4) is 0 Å². The minimum Gasteiger partial charge on any atom is -0.494 e. The molecule has 4 aromatic rings. The number of ether oxygens (including phenoxy) is 1. The maximum Gasteiger partial charge on any atom is 0.142 e. The van der Waals surface area contributed by atoms with Crippen molar-refractivity contribution in [3.8, 4) is 5.75 Å². The Morgan fingerprint density at radius 2 is 1.75 bits per heavy atom. The minimum atomic E-state index is 0.664. The van der Waals surface area contributed by atoms with Crippen molar-refractivity contribution in [1.29, 1.82) is 0 Å². The van der Waals surface area contributed by atoms with Crippen LogP contribution in [0.15, 0.2) is 60.7 Å². The van der Waals surface area contributed by atoms with Crippen molar-refractivity contribution < 1.29 is 4.74 Å². The van der Waals surface area contributed by atoms with E-state index in [4.69, 9.17) is 14.7 Å². The number of nitrogens with one attached hydrogen (secondary N) is 1. The Balaban J connectivity index is 1.69. The average Bonchev–Trinajstić information content (AvgIpc) is 3.14. The molecule has 0 bridgehead atoms. The van der Waals surface area contributed by atoms with E-state index in [1.54, 1.807) is 11.3 Å². The molecule has 0 radical (unpaired) electrons. The van der Waals surface area contributed by atoms with E-state index in [1.165, 1.54) is 10.4 Å². The molecule has 2 aromatic carbocycles. The zero-order chi connectivity index (χ0) is 19.3. The number of anilines is 2. The number of hydrogen-bond acceptors (Lipinski definition) is 5. The summed E-state index contributed by atoms with van der Waals surface area (Å²) >= 11 is 1.74. The van der Waals surface area contributed by atoms with Crippen LogP contribution in [0.25, 0.3) is 10.2 Å². The summed E-state index contributed by atoms with van der Waals surface area (Å²) in [5.41, 5.74) is 2.19. The van der Waals surface area contributed by atoms with Crippen molar-refractivity contribution in [3.63, 3.8) is 0 Å². The summed E-state index contributed by atoms with van der Waals surface area (Å²) in [4.78, 5) is 12.0. The van der Waals surface area contributed by atoms with Crippen LogP contribution >= 0.6 is 11.3 Å². The van der Waals surface area contributed by atoms with E-state index in [1.807, 2.05) is 49.4 Å². The number of rotatable bonds is 7. The normalized spacial score (nSPS) is 10.9. The van der Waals surface area contributed by atoms with E-state index < -0.39 is 0 Å². The molecule has 0 fully saturated rings. The van der Waals surface area contributed by atoms with Crippen LogP contribution < -0.4 is 10.1 Å². The Kier molecular flexibility index (Phi) is 5.53. The number of thiophene rings is 1. The van der Waals surface area contributed by atoms with Gasteiger partial charge >= 0.3 is 0 Å². The second kappa shape index (κ2) is 8.40. The van der Waals surface area contributed by atoms with Crippen LogP contribution in [-0.4, -0.2) is 16.6 Å². The van der Waals surface area contributed by atoms with Crippen LogP contribution in [0.2, 0.25) is 0 Å². The number of nitrogens with zero attached hydrogens (tertiary/aromatic N) is 2. The lowest BCUT2D eigenvalue weighted by molar-refractivity contribution is 0.340. The maximum atomic E-state index is 5.53. The summed E-state index contributed by atoms with van der Waals surface area (Å²) in [5, 5.41) is 4.56. The van der Waals surface area contributed by atoms with Crippen molar-refractivity contribution in [3.05, 3.63) is 76.9 Å². The monoisotopic (exact) mass is 389 g/mol. The van der Waals surface area contributed by atoms with E-state index >= 15 is 0 Å². The second-order valence-electron chi connectivity index (χ2n) is 6.52. The molecule has 4 rings (SSSR count). The number of benzene rings is 2. The molecule has 0 spiro atoms. The van der Waals surface area contributed by atoms with Gasteiger partial charge in [0.2, 0.25) is 0 Å². The zero-order valence-electron chi connectivity index (χ0n) is 16.1. The summed E-state index contributed by atoms with van der Waals surface area (Å²) in [6.07, 6.45) is 1.71. The summed E-state index contributed by atoms with van der Waals surface area (Å²) in [7, 11) is 0. The standard InChI is InChI=1S/C23H23N3OS/c1-3-19-15-20-22(24-17-10-12-18(13-11-17)27-4-2)25-21(26-23(20)28-19)14-16-8-6-5-7-9-16/h5-13,15H,3-4,14H2,1-2H3,(H,24,25,26). The molecule has 5 heteroatoms. The van der Waals surface area contributed by atoms with Gasteiger partial charge in [0.15, 0.2) is 0 Å². The van der Waals surface area contributed by atoms with Gasteiger partial charge in [0, 0.05) is 17.0 Å². The number of fused-ring (bicyclic) bond motifs is 1. The fourth-order valence-corrected chi connectivity index (χ4v) is 4.07. The number of hydrogen-bond donors (Lipinski definition) is 1. The topological polar surface area (TPSA) is 47.0 Å². The van der Waals surface area contributed by atoms with E-state index in [-0.39, 0.29) is 0 Å². The molecule has 2 aromatic heterocycles. The molecular formula is C23H23N3OS. The Labute approximate surface area is 169 Å². The predicted molar refractivity (Wildman–Crippen MR) is 117 cm³/mol. The van der Waals surface area contributed by atoms with Crippen LogP contribution in [0.5, 0.6) is 5.75 Å². The minimum absolute atomic E-state index is 0.664. The molecule has 28 heavy (non-hydrogen) atoms. The van der Waals surface area contributed by atoms with Gasteiger partial charge in [-0.3, -0.25) is 0 Å². The maximum absolute atomic E-state index is 5.53. The molecule has 0 amide bonds. The van der Waals surface area contributed by atoms with Crippen molar-refractivity contribution in [1.82, 2.24) is 9.97 Å². The summed E-state index contributed by atoms with van der Waals surface area (Å²) in [5.74, 6) is 2.56. The van der Waals surface area contributed by atoms with E-state index in [0.717, 1.165) is 39.7 Å². The number of aromatic nitrogens is 2. The van der Waals surface area contributed by atoms with Crippen molar-refractivity contribution in [2.24, 2.45) is 0 Å². The molecule has 0 atom stereocenters. The molecule has 2 heterocycles. The summed E-state index contributed by atoms with van der Waals surface area (Å²) in [6, 6.07) is 20.5. The van der Waals surface area contributed by atoms with Gasteiger partial charge in [0.05, 0.1) is 12.0 Å². The third-order valence-corrected chi connectivity index (χ3v) is 5.64. The first-order valence-corrected chi connectivity index (χ1v) is 10.4. The van der Waals surface area contributed by atoms with Gasteiger partial charge in [0.25, 0.3) is 0 Å². The molecule has 1 N–H and O–H groups in total. The molecule has 0 aliphatic carbocycles. The number of aryl methyl sites for hydroxylation is 1. The lowest BCUT2D eigenvalue weighted by atomic mass is 10.1. The van der Waals surface area contributed by atoms with Gasteiger partial charge in [-0.2, -0.15) is 0 Å². The average molecular weight is 390 g/mol. The first-order valence-electron chi connectivity index (χ1n) is 9.58. The van der Waals surface area contributed by atoms with Crippen LogP contribution in [0.1, 0.15) is 30.1 Å². The van der Waals surface area contributed by atoms with E-state index in [9.17, 15) is 0 Å². The molecule has 0 unspecified atom stereocenters. The molecule has 0 saturated carbocycles. The molecule has 4 nitrogen and oxygen atoms in total. The van der Waals surface area contributed by atoms with Gasteiger partial charge < -0.3 is 10.1 Å². The van der Waals surface area contributed by atoms with Crippen LogP contribution in [0.4, 0.5) is 11.5 Å². The van der Waals surface area contributed by atoms with Crippen molar-refractivity contribution >= 4 is 33.1 Å². The third kappa shape index (κ3) is 4.15. The first-order chi connectivity index (χ1) is 13.7. The second-order valence-corrected chi connectivity index (χ2v) is 7.63. The Hall–Kier alpha value is -2.92. The predicted octanol–water partition coefficient (Wildman–Crippen LogP) is 5.99. The highest BCUT2D eigenvalue weighted by atomic mass is 32.1. The molecule has 0 aliphatic heterocycles. The fourth-order valence-electron chi connectivity index (χ4n) is 3.08. The van der Waals surface area contributed by atoms with Crippen LogP contribution in [-0.2, 0) is 12.8 Å². The fraction of sp³-hybridized carbons (Fsp3) is 0.217. The van der Waals surface area contributed by atoms with Gasteiger partial charge in [-0.15, -0.1) is 11.3 Å². The zero-order valence-corrected chi connectivity index (χ0v) is 16.9. The SMILES string of the molecule is CCOc1ccc(Nc2nc(Cc3ccccc3)nc3sc(CC)cc23)cc1. The quantitative estimate of drug-likeness (QED) is 0.422. The Morgan fingerprint density at radius 3 is 2.46 bits per heavy atom. The van der Waals surface area contributed by atoms with E-state index in [2.05, 4.69) is 30.4 Å². The molecular weight excluding hydrogens is 366 g/mol. The lowest BCUT2D eigenvalue weighted by Crippen LogP contribution is -2.01. The molecule has 0 aliphatic rings. The summed E-state index contributed by atoms with van der Waals surface area (Å²) < 4.78 is 5.53. The largest absolute Gasteiger partial charge is 0.494 e. The Morgan fingerprint density at radius 1 is 0.964 bits per heavy atom. The van der Waals surface area contributed by atoms with Gasteiger partial charge in [-0.1, -0.05) is 37.3 Å². The van der Waals surface area contributed by atoms with Crippen LogP contribution in [0, 0.1) is 0 Å². The highest BCUT2D eigenvalue weighted by Crippen LogP contribution is 2.31. The third-order valence-electron chi connectivity index (χ3n) is 4.47. The van der Waals surface area contributed by atoms with Gasteiger partial charge in [-0.25, -0.2) is 9.97 Å². The highest BCUT2D eigenvalue weighted by molar-refractivity contribution is 7.18. The molecule has 0 saturated heterocycles. The lowest BCUT2D eigenvalue weighted by Gasteiger charge is -2.10. The highest BCUT2D eigenvalue weighted by Gasteiger charge is 2.12. The van der Waals surface area contributed by atoms with Gasteiger partial charge in [-0.05, 0) is 49.2 Å². The van der Waals surface area contributed by atoms with Gasteiger partial charge in [0.1, 0.15) is 22.2 Å². The smallest absolute Gasteiger partial charge is 0.142 e.